The Hall–Kier alpha value is -0.570. The lowest BCUT2D eigenvalue weighted by Crippen LogP contribution is -2.43. The van der Waals surface area contributed by atoms with Crippen LogP contribution in [0.2, 0.25) is 0 Å². The third-order valence-corrected chi connectivity index (χ3v) is 3.64. The standard InChI is InChI=1S/C11H19NO2/c1-3-11(13)14-10-6-8-4-5-9(7-10)12(8)2/h8-10H,3-7H2,1-2H3/t8-,9+,10?. The van der Waals surface area contributed by atoms with Gasteiger partial charge in [-0.3, -0.25) is 4.79 Å². The zero-order valence-electron chi connectivity index (χ0n) is 9.03. The summed E-state index contributed by atoms with van der Waals surface area (Å²) in [5, 5.41) is 0. The molecule has 3 nitrogen and oxygen atoms in total. The van der Waals surface area contributed by atoms with Crippen LogP contribution in [0, 0.1) is 0 Å². The summed E-state index contributed by atoms with van der Waals surface area (Å²) < 4.78 is 5.40. The second-order valence-corrected chi connectivity index (χ2v) is 4.49. The first kappa shape index (κ1) is 9.97. The molecule has 0 aliphatic carbocycles. The summed E-state index contributed by atoms with van der Waals surface area (Å²) in [6.07, 6.45) is 5.33. The van der Waals surface area contributed by atoms with Crippen LogP contribution in [0.4, 0.5) is 0 Å². The van der Waals surface area contributed by atoms with Crippen LogP contribution >= 0.6 is 0 Å². The average Bonchev–Trinajstić information content (AvgIpc) is 2.42. The van der Waals surface area contributed by atoms with E-state index in [0.717, 1.165) is 12.8 Å². The van der Waals surface area contributed by atoms with E-state index in [1.165, 1.54) is 12.8 Å². The SMILES string of the molecule is CCC(=O)OC1C[C@H]2CC[C@@H](C1)N2C. The first-order chi connectivity index (χ1) is 6.70. The van der Waals surface area contributed by atoms with Gasteiger partial charge in [0.25, 0.3) is 0 Å². The molecule has 2 bridgehead atoms. The predicted molar refractivity (Wildman–Crippen MR) is 54.0 cm³/mol. The number of hydrogen-bond donors (Lipinski definition) is 0. The van der Waals surface area contributed by atoms with E-state index in [-0.39, 0.29) is 12.1 Å². The van der Waals surface area contributed by atoms with Gasteiger partial charge >= 0.3 is 5.97 Å². The molecule has 0 saturated carbocycles. The van der Waals surface area contributed by atoms with Crippen molar-refractivity contribution >= 4 is 5.97 Å². The number of nitrogens with zero attached hydrogens (tertiary/aromatic N) is 1. The van der Waals surface area contributed by atoms with Gasteiger partial charge in [-0.15, -0.1) is 0 Å². The number of hydrogen-bond acceptors (Lipinski definition) is 3. The highest BCUT2D eigenvalue weighted by Crippen LogP contribution is 2.35. The lowest BCUT2D eigenvalue weighted by Gasteiger charge is -2.35. The second-order valence-electron chi connectivity index (χ2n) is 4.49. The highest BCUT2D eigenvalue weighted by Gasteiger charge is 2.39. The fourth-order valence-electron chi connectivity index (χ4n) is 2.73. The fraction of sp³-hybridized carbons (Fsp3) is 0.909. The molecule has 0 aromatic carbocycles. The van der Waals surface area contributed by atoms with Gasteiger partial charge in [0.1, 0.15) is 6.10 Å². The van der Waals surface area contributed by atoms with Gasteiger partial charge in [-0.25, -0.2) is 0 Å². The minimum absolute atomic E-state index is 0.0426. The van der Waals surface area contributed by atoms with Crippen LogP contribution in [0.15, 0.2) is 0 Å². The highest BCUT2D eigenvalue weighted by atomic mass is 16.5. The molecule has 1 unspecified atom stereocenters. The Balaban J connectivity index is 1.90. The van der Waals surface area contributed by atoms with Crippen LogP contribution in [0.1, 0.15) is 39.0 Å². The lowest BCUT2D eigenvalue weighted by atomic mass is 10.0. The molecule has 14 heavy (non-hydrogen) atoms. The van der Waals surface area contributed by atoms with E-state index >= 15 is 0 Å². The summed E-state index contributed by atoms with van der Waals surface area (Å²) in [7, 11) is 2.19. The Morgan fingerprint density at radius 2 is 1.93 bits per heavy atom. The summed E-state index contributed by atoms with van der Waals surface area (Å²) >= 11 is 0. The van der Waals surface area contributed by atoms with E-state index in [1.54, 1.807) is 0 Å². The first-order valence-corrected chi connectivity index (χ1v) is 5.62. The number of carbonyl (C=O) groups is 1. The van der Waals surface area contributed by atoms with Crippen LogP contribution in [0.5, 0.6) is 0 Å². The zero-order valence-corrected chi connectivity index (χ0v) is 9.03. The molecule has 3 heteroatoms. The van der Waals surface area contributed by atoms with Gasteiger partial charge in [0.2, 0.25) is 0 Å². The normalized spacial score (nSPS) is 37.1. The summed E-state index contributed by atoms with van der Waals surface area (Å²) in [5.74, 6) is -0.0426. The molecular formula is C11H19NO2. The van der Waals surface area contributed by atoms with Crippen molar-refractivity contribution in [3.8, 4) is 0 Å². The maximum Gasteiger partial charge on any atom is 0.305 e. The Kier molecular flexibility index (Phi) is 2.77. The van der Waals surface area contributed by atoms with Crippen LogP contribution in [-0.2, 0) is 9.53 Å². The fourth-order valence-corrected chi connectivity index (χ4v) is 2.73. The molecule has 80 valence electrons. The van der Waals surface area contributed by atoms with Crippen LogP contribution < -0.4 is 0 Å². The molecule has 0 spiro atoms. The van der Waals surface area contributed by atoms with Crippen LogP contribution in [0.3, 0.4) is 0 Å². The van der Waals surface area contributed by atoms with Crippen molar-refractivity contribution in [1.82, 2.24) is 4.90 Å². The predicted octanol–water partition coefficient (Wildman–Crippen LogP) is 1.56. The molecule has 2 heterocycles. The zero-order chi connectivity index (χ0) is 10.1. The van der Waals surface area contributed by atoms with E-state index in [2.05, 4.69) is 11.9 Å². The Morgan fingerprint density at radius 1 is 1.36 bits per heavy atom. The Labute approximate surface area is 85.4 Å². The summed E-state index contributed by atoms with van der Waals surface area (Å²) in [6.45, 7) is 1.85. The molecule has 0 aromatic rings. The number of ether oxygens (including phenoxy) is 1. The van der Waals surface area contributed by atoms with Crippen molar-refractivity contribution in [1.29, 1.82) is 0 Å². The van der Waals surface area contributed by atoms with Crippen molar-refractivity contribution in [3.05, 3.63) is 0 Å². The van der Waals surface area contributed by atoms with E-state index in [0.29, 0.717) is 18.5 Å². The number of fused-ring (bicyclic) bond motifs is 2. The van der Waals surface area contributed by atoms with Gasteiger partial charge < -0.3 is 9.64 Å². The molecule has 2 aliphatic heterocycles. The largest absolute Gasteiger partial charge is 0.462 e. The molecule has 2 rings (SSSR count). The molecule has 0 N–H and O–H groups in total. The quantitative estimate of drug-likeness (QED) is 0.629. The van der Waals surface area contributed by atoms with Crippen molar-refractivity contribution in [2.24, 2.45) is 0 Å². The smallest absolute Gasteiger partial charge is 0.305 e. The number of esters is 1. The minimum Gasteiger partial charge on any atom is -0.462 e. The highest BCUT2D eigenvalue weighted by molar-refractivity contribution is 5.69. The van der Waals surface area contributed by atoms with Gasteiger partial charge in [0, 0.05) is 18.5 Å². The monoisotopic (exact) mass is 197 g/mol. The number of carbonyl (C=O) groups excluding carboxylic acids is 1. The van der Waals surface area contributed by atoms with E-state index < -0.39 is 0 Å². The molecule has 0 aromatic heterocycles. The molecule has 2 fully saturated rings. The van der Waals surface area contributed by atoms with Crippen molar-refractivity contribution in [3.63, 3.8) is 0 Å². The maximum absolute atomic E-state index is 11.2. The molecule has 0 amide bonds. The van der Waals surface area contributed by atoms with E-state index in [4.69, 9.17) is 4.74 Å². The summed E-state index contributed by atoms with van der Waals surface area (Å²) in [6, 6.07) is 1.31. The van der Waals surface area contributed by atoms with E-state index in [1.807, 2.05) is 6.92 Å². The van der Waals surface area contributed by atoms with Gasteiger partial charge in [-0.1, -0.05) is 6.92 Å². The summed E-state index contributed by atoms with van der Waals surface area (Å²) in [5.41, 5.74) is 0. The second kappa shape index (κ2) is 3.89. The Morgan fingerprint density at radius 3 is 2.43 bits per heavy atom. The molecule has 2 aliphatic rings. The van der Waals surface area contributed by atoms with Gasteiger partial charge in [0.15, 0.2) is 0 Å². The van der Waals surface area contributed by atoms with Crippen molar-refractivity contribution in [2.75, 3.05) is 7.05 Å². The molecule has 0 radical (unpaired) electrons. The van der Waals surface area contributed by atoms with Crippen molar-refractivity contribution in [2.45, 2.75) is 57.2 Å². The number of rotatable bonds is 2. The van der Waals surface area contributed by atoms with Crippen LogP contribution in [0.25, 0.3) is 0 Å². The maximum atomic E-state index is 11.2. The third-order valence-electron chi connectivity index (χ3n) is 3.64. The number of piperidine rings is 1. The molecule has 3 atom stereocenters. The lowest BCUT2D eigenvalue weighted by molar-refractivity contribution is -0.151. The first-order valence-electron chi connectivity index (χ1n) is 5.62. The molecular weight excluding hydrogens is 178 g/mol. The van der Waals surface area contributed by atoms with Gasteiger partial charge in [-0.2, -0.15) is 0 Å². The van der Waals surface area contributed by atoms with Crippen molar-refractivity contribution < 1.29 is 9.53 Å². The summed E-state index contributed by atoms with van der Waals surface area (Å²) in [4.78, 5) is 13.6. The minimum atomic E-state index is -0.0426. The third kappa shape index (κ3) is 1.78. The Bertz CT molecular complexity index is 215. The van der Waals surface area contributed by atoms with Gasteiger partial charge in [-0.05, 0) is 32.7 Å². The topological polar surface area (TPSA) is 29.5 Å². The molecule has 2 saturated heterocycles. The van der Waals surface area contributed by atoms with Gasteiger partial charge in [0.05, 0.1) is 0 Å². The average molecular weight is 197 g/mol. The van der Waals surface area contributed by atoms with E-state index in [9.17, 15) is 4.79 Å². The van der Waals surface area contributed by atoms with Crippen LogP contribution in [-0.4, -0.2) is 36.1 Å².